The number of aldehydes is 4. The van der Waals surface area contributed by atoms with Crippen molar-refractivity contribution in [1.29, 1.82) is 0 Å². The Morgan fingerprint density at radius 2 is 0.774 bits per heavy atom. The van der Waals surface area contributed by atoms with Gasteiger partial charge in [0.1, 0.15) is 116 Å². The van der Waals surface area contributed by atoms with Gasteiger partial charge in [0.2, 0.25) is 5.91 Å². The molecule has 1 aliphatic heterocycles. The average molecular weight is 926 g/mol. The minimum Gasteiger partial charge on any atom is -0.394 e. The number of carbonyl (C=O) groups is 5. The van der Waals surface area contributed by atoms with Crippen LogP contribution in [0.15, 0.2) is 0 Å². The van der Waals surface area contributed by atoms with Crippen molar-refractivity contribution in [3.8, 4) is 0 Å². The molecule has 30 heteroatoms. The standard InChI is InChI=1S/C8H15NO6.3C6H12O6.C6H12O5/c1-3(11)9-5-7(13)6(12)4(2-10)15-8(5)14;3*7-1-3(9)5(11)6(12)4(10)2-8;1-3(8)5(10)6(11)4(9)2-7/h4-8,10,12-14H,2H2,1H3,(H,9,11);3*1,3-6,8-12H,2H2;2-6,8-11H,1H3/t4-,5-,6+,7-,8?;;;;/m1..../s1. The molecule has 1 amide bonds. The van der Waals surface area contributed by atoms with Gasteiger partial charge in [-0.2, -0.15) is 0 Å². The predicted molar refractivity (Wildman–Crippen MR) is 195 cm³/mol. The Kier molecular flexibility index (Phi) is 37.7. The first-order valence-electron chi connectivity index (χ1n) is 17.7. The molecule has 24 N–H and O–H groups in total. The summed E-state index contributed by atoms with van der Waals surface area (Å²) >= 11 is 0. The van der Waals surface area contributed by atoms with Crippen LogP contribution in [-0.2, 0) is 28.7 Å². The van der Waals surface area contributed by atoms with Gasteiger partial charge in [-0.15, -0.1) is 0 Å². The normalized spacial score (nSPS) is 26.1. The van der Waals surface area contributed by atoms with Gasteiger partial charge in [-0.1, -0.05) is 0 Å². The van der Waals surface area contributed by atoms with E-state index in [2.05, 4.69) is 5.32 Å². The number of carbonyl (C=O) groups excluding carboxylic acids is 5. The molecule has 0 aliphatic carbocycles. The van der Waals surface area contributed by atoms with E-state index in [1.165, 1.54) is 13.8 Å². The summed E-state index contributed by atoms with van der Waals surface area (Å²) in [6, 6.07) is -1.10. The van der Waals surface area contributed by atoms with Gasteiger partial charge in [-0.3, -0.25) is 4.79 Å². The number of hydrogen-bond donors (Lipinski definition) is 24. The molecule has 30 nitrogen and oxygen atoms in total. The maximum atomic E-state index is 10.7. The summed E-state index contributed by atoms with van der Waals surface area (Å²) < 4.78 is 4.81. The highest BCUT2D eigenvalue weighted by molar-refractivity contribution is 5.73. The lowest BCUT2D eigenvalue weighted by molar-refractivity contribution is -0.253. The van der Waals surface area contributed by atoms with E-state index in [0.29, 0.717) is 0 Å². The number of ether oxygens (including phenoxy) is 1. The first-order chi connectivity index (χ1) is 28.6. The lowest BCUT2D eigenvalue weighted by Gasteiger charge is -2.40. The summed E-state index contributed by atoms with van der Waals surface area (Å²) in [6.07, 6.45) is -31.6. The van der Waals surface area contributed by atoms with Gasteiger partial charge < -0.3 is 147 Å². The van der Waals surface area contributed by atoms with E-state index >= 15 is 0 Å². The van der Waals surface area contributed by atoms with Crippen molar-refractivity contribution in [3.05, 3.63) is 0 Å². The zero-order valence-electron chi connectivity index (χ0n) is 33.0. The fourth-order valence-electron chi connectivity index (χ4n) is 3.91. The third-order valence-corrected chi connectivity index (χ3v) is 7.87. The van der Waals surface area contributed by atoms with E-state index in [1.54, 1.807) is 0 Å². The molecule has 0 bridgehead atoms. The smallest absolute Gasteiger partial charge is 0.217 e. The van der Waals surface area contributed by atoms with Gasteiger partial charge >= 0.3 is 0 Å². The Bertz CT molecular complexity index is 1100. The molecule has 0 aromatic heterocycles. The molecule has 0 aromatic carbocycles. The zero-order chi connectivity index (χ0) is 49.8. The molecular formula is C32H63NO29. The van der Waals surface area contributed by atoms with E-state index in [0.717, 1.165) is 0 Å². The van der Waals surface area contributed by atoms with Crippen molar-refractivity contribution in [2.45, 2.75) is 142 Å². The first-order valence-corrected chi connectivity index (χ1v) is 17.7. The molecule has 0 radical (unpaired) electrons. The molecule has 62 heavy (non-hydrogen) atoms. The van der Waals surface area contributed by atoms with Crippen molar-refractivity contribution in [2.24, 2.45) is 0 Å². The monoisotopic (exact) mass is 925 g/mol. The molecule has 0 spiro atoms. The van der Waals surface area contributed by atoms with Crippen molar-refractivity contribution in [3.63, 3.8) is 0 Å². The molecule has 1 aliphatic rings. The van der Waals surface area contributed by atoms with Crippen LogP contribution in [0.4, 0.5) is 0 Å². The topological polar surface area (TPSA) is 572 Å². The van der Waals surface area contributed by atoms with Gasteiger partial charge in [0.25, 0.3) is 0 Å². The fourth-order valence-corrected chi connectivity index (χ4v) is 3.91. The second-order valence-electron chi connectivity index (χ2n) is 12.9. The Balaban J connectivity index is -0.000000341. The van der Waals surface area contributed by atoms with Crippen LogP contribution in [0.25, 0.3) is 0 Å². The molecule has 1 heterocycles. The molecule has 1 fully saturated rings. The van der Waals surface area contributed by atoms with Crippen LogP contribution in [0.3, 0.4) is 0 Å². The van der Waals surface area contributed by atoms with Gasteiger partial charge in [-0.25, -0.2) is 0 Å². The number of rotatable bonds is 21. The minimum atomic E-state index is -1.79. The Hall–Kier alpha value is -2.81. The van der Waals surface area contributed by atoms with Crippen LogP contribution < -0.4 is 5.32 Å². The third-order valence-electron chi connectivity index (χ3n) is 7.87. The highest BCUT2D eigenvalue weighted by Crippen LogP contribution is 2.19. The highest BCUT2D eigenvalue weighted by Gasteiger charge is 2.44. The molecule has 21 atom stereocenters. The van der Waals surface area contributed by atoms with E-state index in [1.807, 2.05) is 0 Å². The first kappa shape index (κ1) is 65.8. The Morgan fingerprint density at radius 3 is 0.984 bits per heavy atom. The summed E-state index contributed by atoms with van der Waals surface area (Å²) in [5, 5.41) is 205. The summed E-state index contributed by atoms with van der Waals surface area (Å²) in [5.74, 6) is -0.462. The lowest BCUT2D eigenvalue weighted by Crippen LogP contribution is -2.63. The molecule has 0 aromatic rings. The number of aliphatic hydroxyl groups excluding tert-OH is 23. The highest BCUT2D eigenvalue weighted by atomic mass is 16.6. The van der Waals surface area contributed by atoms with E-state index in [9.17, 15) is 39.3 Å². The van der Waals surface area contributed by atoms with Crippen LogP contribution >= 0.6 is 0 Å². The van der Waals surface area contributed by atoms with Crippen LogP contribution in [0, 0.1) is 0 Å². The van der Waals surface area contributed by atoms with Crippen LogP contribution in [0.1, 0.15) is 13.8 Å². The summed E-state index contributed by atoms with van der Waals surface area (Å²) in [7, 11) is 0. The van der Waals surface area contributed by atoms with Crippen molar-refractivity contribution in [1.82, 2.24) is 5.32 Å². The van der Waals surface area contributed by atoms with Gasteiger partial charge in [0.15, 0.2) is 31.4 Å². The maximum Gasteiger partial charge on any atom is 0.217 e. The summed E-state index contributed by atoms with van der Waals surface area (Å²) in [5.41, 5.74) is 0. The molecule has 17 unspecified atom stereocenters. The summed E-state index contributed by atoms with van der Waals surface area (Å²) in [6.45, 7) is -0.352. The van der Waals surface area contributed by atoms with E-state index in [4.69, 9.17) is 107 Å². The van der Waals surface area contributed by atoms with Crippen molar-refractivity contribution >= 4 is 31.1 Å². The minimum absolute atomic E-state index is 0.0258. The lowest BCUT2D eigenvalue weighted by atomic mass is 9.97. The van der Waals surface area contributed by atoms with Gasteiger partial charge in [-0.05, 0) is 6.92 Å². The second kappa shape index (κ2) is 35.5. The molecule has 370 valence electrons. The number of nitrogens with one attached hydrogen (secondary N) is 1. The van der Waals surface area contributed by atoms with Crippen LogP contribution in [0.5, 0.6) is 0 Å². The third kappa shape index (κ3) is 24.9. The number of hydrogen-bond acceptors (Lipinski definition) is 29. The number of amides is 1. The average Bonchev–Trinajstić information content (AvgIpc) is 3.27. The second-order valence-corrected chi connectivity index (χ2v) is 12.9. The van der Waals surface area contributed by atoms with Crippen LogP contribution in [-0.4, -0.2) is 303 Å². The molecule has 1 rings (SSSR count). The predicted octanol–water partition coefficient (Wildman–Crippen LogP) is -15.6. The zero-order valence-corrected chi connectivity index (χ0v) is 33.0. The fraction of sp³-hybridized carbons (Fsp3) is 0.844. The Labute approximate surface area is 351 Å². The molecule has 1 saturated heterocycles. The Morgan fingerprint density at radius 1 is 0.500 bits per heavy atom. The van der Waals surface area contributed by atoms with Gasteiger partial charge in [0, 0.05) is 6.92 Å². The van der Waals surface area contributed by atoms with Crippen LogP contribution in [0.2, 0.25) is 0 Å². The SMILES string of the molecule is CC(=O)N[C@H]1C(O)O[C@H](CO)[C@H](O)[C@@H]1O.CC(O)C(O)C(O)C(O)C=O.O=CC(O)C(O)C(O)C(O)CO.O=CC(O)C(O)C(O)C(O)CO.O=CC(O)C(O)C(O)C(O)CO. The maximum absolute atomic E-state index is 10.7. The van der Waals surface area contributed by atoms with Gasteiger partial charge in [0.05, 0.1) is 32.5 Å². The van der Waals surface area contributed by atoms with Crippen molar-refractivity contribution in [2.75, 3.05) is 26.4 Å². The molecular weight excluding hydrogens is 862 g/mol. The van der Waals surface area contributed by atoms with E-state index < -0.39 is 161 Å². The largest absolute Gasteiger partial charge is 0.394 e. The van der Waals surface area contributed by atoms with Crippen molar-refractivity contribution < 1.29 is 146 Å². The van der Waals surface area contributed by atoms with E-state index in [-0.39, 0.29) is 25.1 Å². The summed E-state index contributed by atoms with van der Waals surface area (Å²) in [4.78, 5) is 50.3. The quantitative estimate of drug-likeness (QED) is 0.0475. The number of aliphatic hydroxyl groups is 23. The molecule has 0 saturated carbocycles.